The van der Waals surface area contributed by atoms with E-state index in [1.54, 1.807) is 0 Å². The van der Waals surface area contributed by atoms with Crippen LogP contribution in [0, 0.1) is 0 Å². The minimum atomic E-state index is 0.750. The Balaban J connectivity index is 0.00000126. The standard InChI is InChI=1S/C28H22N2O.C2H6/c29-16-6-5-7-19-12-13-20(17-24(19)22-8-1-3-10-26(22)30)21-14-15-28-25(18-21)23-9-2-4-11-27(23)31-28;1-2/h1-18H,29-30H2;1-2H3/b7-5-,16-6-;. The molecule has 0 amide bonds. The van der Waals surface area contributed by atoms with Crippen molar-refractivity contribution >= 4 is 33.7 Å². The van der Waals surface area contributed by atoms with Gasteiger partial charge in [0.1, 0.15) is 11.2 Å². The van der Waals surface area contributed by atoms with Crippen LogP contribution in [0.4, 0.5) is 5.69 Å². The van der Waals surface area contributed by atoms with Crippen LogP contribution >= 0.6 is 0 Å². The van der Waals surface area contributed by atoms with E-state index in [0.717, 1.165) is 55.4 Å². The smallest absolute Gasteiger partial charge is 0.135 e. The van der Waals surface area contributed by atoms with Crippen LogP contribution < -0.4 is 11.5 Å². The highest BCUT2D eigenvalue weighted by molar-refractivity contribution is 6.06. The molecule has 0 atom stereocenters. The van der Waals surface area contributed by atoms with Gasteiger partial charge in [-0.3, -0.25) is 0 Å². The highest BCUT2D eigenvalue weighted by Crippen LogP contribution is 2.36. The van der Waals surface area contributed by atoms with Gasteiger partial charge in [-0.1, -0.05) is 80.6 Å². The molecule has 0 bridgehead atoms. The highest BCUT2D eigenvalue weighted by atomic mass is 16.3. The summed E-state index contributed by atoms with van der Waals surface area (Å²) >= 11 is 0. The van der Waals surface area contributed by atoms with Gasteiger partial charge in [0, 0.05) is 22.0 Å². The van der Waals surface area contributed by atoms with Crippen LogP contribution in [0.15, 0.2) is 108 Å². The summed E-state index contributed by atoms with van der Waals surface area (Å²) in [7, 11) is 0. The van der Waals surface area contributed by atoms with Crippen LogP contribution in [0.5, 0.6) is 0 Å². The van der Waals surface area contributed by atoms with E-state index >= 15 is 0 Å². The van der Waals surface area contributed by atoms with E-state index in [0.29, 0.717) is 0 Å². The van der Waals surface area contributed by atoms with Crippen molar-refractivity contribution in [2.45, 2.75) is 13.8 Å². The Morgan fingerprint density at radius 1 is 0.667 bits per heavy atom. The molecule has 0 fully saturated rings. The lowest BCUT2D eigenvalue weighted by atomic mass is 9.93. The Hall–Kier alpha value is -4.24. The second kappa shape index (κ2) is 9.92. The number of anilines is 1. The number of para-hydroxylation sites is 2. The fraction of sp³-hybridized carbons (Fsp3) is 0.0667. The van der Waals surface area contributed by atoms with Gasteiger partial charge < -0.3 is 15.9 Å². The second-order valence-electron chi connectivity index (χ2n) is 7.44. The van der Waals surface area contributed by atoms with Gasteiger partial charge in [0.25, 0.3) is 0 Å². The second-order valence-corrected chi connectivity index (χ2v) is 7.44. The lowest BCUT2D eigenvalue weighted by Crippen LogP contribution is -1.92. The molecular formula is C30H28N2O. The summed E-state index contributed by atoms with van der Waals surface area (Å²) in [4.78, 5) is 0. The normalized spacial score (nSPS) is 11.3. The maximum Gasteiger partial charge on any atom is 0.135 e. The van der Waals surface area contributed by atoms with Gasteiger partial charge in [0.05, 0.1) is 0 Å². The highest BCUT2D eigenvalue weighted by Gasteiger charge is 2.11. The number of rotatable bonds is 4. The van der Waals surface area contributed by atoms with E-state index in [-0.39, 0.29) is 0 Å². The quantitative estimate of drug-likeness (QED) is 0.223. The fourth-order valence-electron chi connectivity index (χ4n) is 3.99. The van der Waals surface area contributed by atoms with Crippen molar-refractivity contribution in [3.63, 3.8) is 0 Å². The minimum absolute atomic E-state index is 0.750. The molecule has 3 nitrogen and oxygen atoms in total. The number of benzene rings is 4. The molecule has 4 N–H and O–H groups in total. The van der Waals surface area contributed by atoms with Gasteiger partial charge in [-0.05, 0) is 64.9 Å². The van der Waals surface area contributed by atoms with Crippen LogP contribution in [0.2, 0.25) is 0 Å². The maximum absolute atomic E-state index is 6.32. The van der Waals surface area contributed by atoms with Crippen LogP contribution in [0.1, 0.15) is 19.4 Å². The summed E-state index contributed by atoms with van der Waals surface area (Å²) in [6.45, 7) is 4.00. The molecule has 33 heavy (non-hydrogen) atoms. The molecule has 0 unspecified atom stereocenters. The third-order valence-corrected chi connectivity index (χ3v) is 5.51. The molecule has 1 heterocycles. The molecule has 1 aromatic heterocycles. The van der Waals surface area contributed by atoms with Crippen LogP contribution in [-0.4, -0.2) is 0 Å². The zero-order valence-corrected chi connectivity index (χ0v) is 19.0. The summed E-state index contributed by atoms with van der Waals surface area (Å²) in [5.74, 6) is 0. The SMILES string of the molecule is CC.N/C=C\C=C/c1ccc(-c2ccc3oc4ccccc4c3c2)cc1-c1ccccc1N. The lowest BCUT2D eigenvalue weighted by Gasteiger charge is -2.12. The molecule has 0 aliphatic heterocycles. The minimum Gasteiger partial charge on any atom is -0.456 e. The van der Waals surface area contributed by atoms with Crippen molar-refractivity contribution < 1.29 is 4.42 Å². The zero-order chi connectivity index (χ0) is 23.2. The molecule has 5 rings (SSSR count). The van der Waals surface area contributed by atoms with Crippen molar-refractivity contribution in [1.82, 2.24) is 0 Å². The van der Waals surface area contributed by atoms with Gasteiger partial charge in [-0.15, -0.1) is 0 Å². The number of nitrogen functional groups attached to an aromatic ring is 1. The molecule has 164 valence electrons. The average molecular weight is 433 g/mol. The Kier molecular flexibility index (Phi) is 6.61. The largest absolute Gasteiger partial charge is 0.456 e. The summed E-state index contributed by atoms with van der Waals surface area (Å²) in [6, 6.07) is 28.9. The Labute approximate surface area is 194 Å². The first-order chi connectivity index (χ1) is 16.2. The molecular weight excluding hydrogens is 404 g/mol. The van der Waals surface area contributed by atoms with E-state index in [2.05, 4.69) is 42.5 Å². The fourth-order valence-corrected chi connectivity index (χ4v) is 3.99. The van der Waals surface area contributed by atoms with Crippen molar-refractivity contribution in [3.8, 4) is 22.3 Å². The summed E-state index contributed by atoms with van der Waals surface area (Å²) in [5, 5.41) is 2.24. The van der Waals surface area contributed by atoms with Crippen LogP contribution in [0.25, 0.3) is 50.3 Å². The Bertz CT molecular complexity index is 1460. The molecule has 0 aliphatic rings. The Morgan fingerprint density at radius 3 is 2.18 bits per heavy atom. The molecule has 0 saturated heterocycles. The third-order valence-electron chi connectivity index (χ3n) is 5.51. The predicted octanol–water partition coefficient (Wildman–Crippen LogP) is 8.01. The van der Waals surface area contributed by atoms with Crippen molar-refractivity contribution in [1.29, 1.82) is 0 Å². The maximum atomic E-state index is 6.32. The molecule has 5 aromatic rings. The van der Waals surface area contributed by atoms with Crippen LogP contribution in [0.3, 0.4) is 0 Å². The zero-order valence-electron chi connectivity index (χ0n) is 19.0. The molecule has 0 saturated carbocycles. The van der Waals surface area contributed by atoms with Gasteiger partial charge in [-0.2, -0.15) is 0 Å². The van der Waals surface area contributed by atoms with Crippen molar-refractivity contribution in [2.75, 3.05) is 5.73 Å². The van der Waals surface area contributed by atoms with E-state index in [4.69, 9.17) is 15.9 Å². The first-order valence-electron chi connectivity index (χ1n) is 11.2. The summed E-state index contributed by atoms with van der Waals surface area (Å²) in [6.07, 6.45) is 7.30. The summed E-state index contributed by atoms with van der Waals surface area (Å²) in [5.41, 5.74) is 19.8. The molecule has 0 radical (unpaired) electrons. The van der Waals surface area contributed by atoms with Crippen LogP contribution in [-0.2, 0) is 0 Å². The van der Waals surface area contributed by atoms with Gasteiger partial charge in [0.15, 0.2) is 0 Å². The number of fused-ring (bicyclic) bond motifs is 3. The number of hydrogen-bond donors (Lipinski definition) is 2. The van der Waals surface area contributed by atoms with E-state index in [1.165, 1.54) is 6.20 Å². The first kappa shape index (κ1) is 22.0. The number of furan rings is 1. The third kappa shape index (κ3) is 4.39. The topological polar surface area (TPSA) is 65.2 Å². The number of allylic oxidation sites excluding steroid dienone is 2. The lowest BCUT2D eigenvalue weighted by molar-refractivity contribution is 0.669. The predicted molar refractivity (Wildman–Crippen MR) is 143 cm³/mol. The van der Waals surface area contributed by atoms with Crippen molar-refractivity contribution in [3.05, 3.63) is 109 Å². The van der Waals surface area contributed by atoms with E-state index < -0.39 is 0 Å². The van der Waals surface area contributed by atoms with E-state index in [1.807, 2.05) is 74.5 Å². The summed E-state index contributed by atoms with van der Waals surface area (Å²) < 4.78 is 5.98. The molecule has 3 heteroatoms. The van der Waals surface area contributed by atoms with Gasteiger partial charge in [-0.25, -0.2) is 0 Å². The van der Waals surface area contributed by atoms with Gasteiger partial charge in [0.2, 0.25) is 0 Å². The number of nitrogens with two attached hydrogens (primary N) is 2. The van der Waals surface area contributed by atoms with Crippen molar-refractivity contribution in [2.24, 2.45) is 5.73 Å². The van der Waals surface area contributed by atoms with Gasteiger partial charge >= 0.3 is 0 Å². The first-order valence-corrected chi connectivity index (χ1v) is 11.2. The Morgan fingerprint density at radius 2 is 1.36 bits per heavy atom. The monoisotopic (exact) mass is 432 g/mol. The number of hydrogen-bond acceptors (Lipinski definition) is 3. The average Bonchev–Trinajstić information content (AvgIpc) is 3.24. The molecule has 0 spiro atoms. The molecule has 4 aromatic carbocycles. The van der Waals surface area contributed by atoms with E-state index in [9.17, 15) is 0 Å². The molecule has 0 aliphatic carbocycles.